The largest absolute Gasteiger partial charge is 0.452 e. The summed E-state index contributed by atoms with van der Waals surface area (Å²) < 4.78 is 285. The van der Waals surface area contributed by atoms with Crippen molar-refractivity contribution < 1.29 is 96.9 Å². The number of nitrogens with two attached hydrogens (primary N) is 2. The van der Waals surface area contributed by atoms with Crippen molar-refractivity contribution in [3.63, 3.8) is 0 Å². The molecule has 0 amide bonds. The van der Waals surface area contributed by atoms with Gasteiger partial charge in [0.25, 0.3) is 0 Å². The molecule has 1 unspecified atom stereocenters. The fraction of sp³-hybridized carbons (Fsp3) is 0.647. The van der Waals surface area contributed by atoms with Crippen molar-refractivity contribution in [3.05, 3.63) is 18.2 Å². The summed E-state index contributed by atoms with van der Waals surface area (Å²) in [4.78, 5) is 0. The topological polar surface area (TPSA) is 61.3 Å². The molecule has 0 radical (unpaired) electrons. The first-order valence-electron chi connectivity index (χ1n) is 9.39. The lowest BCUT2D eigenvalue weighted by molar-refractivity contribution is -0.468. The second kappa shape index (κ2) is 9.87. The predicted molar refractivity (Wildman–Crippen MR) is 91.3 cm³/mol. The van der Waals surface area contributed by atoms with Gasteiger partial charge in [-0.25, -0.2) is 8.78 Å². The van der Waals surface area contributed by atoms with Gasteiger partial charge in [-0.2, -0.15) is 83.4 Å². The summed E-state index contributed by atoms with van der Waals surface area (Å²) in [5.74, 6) is -79.1. The van der Waals surface area contributed by atoms with Gasteiger partial charge in [-0.1, -0.05) is 0 Å². The maximum Gasteiger partial charge on any atom is 0.385 e. The molecule has 24 heteroatoms. The van der Waals surface area contributed by atoms with Crippen LogP contribution < -0.4 is 16.2 Å². The number of rotatable bonds is 12. The molecule has 0 aliphatic carbocycles. The van der Waals surface area contributed by atoms with Gasteiger partial charge in [0.15, 0.2) is 0 Å². The van der Waals surface area contributed by atoms with E-state index in [1.807, 2.05) is 0 Å². The van der Waals surface area contributed by atoms with E-state index in [2.05, 4.69) is 4.74 Å². The molecule has 0 spiro atoms. The molecule has 3 nitrogen and oxygen atoms in total. The van der Waals surface area contributed by atoms with Crippen LogP contribution in [-0.4, -0.2) is 66.1 Å². The molecular formula is C17H9F21N2O. The van der Waals surface area contributed by atoms with Gasteiger partial charge >= 0.3 is 66.1 Å². The van der Waals surface area contributed by atoms with Gasteiger partial charge in [0.05, 0.1) is 5.69 Å². The normalized spacial score (nSPS) is 16.2. The molecule has 1 aromatic rings. The minimum Gasteiger partial charge on any atom is -0.452 e. The summed E-state index contributed by atoms with van der Waals surface area (Å²) in [6.45, 7) is 0. The second-order valence-electron chi connectivity index (χ2n) is 7.80. The maximum absolute atomic E-state index is 13.9. The molecule has 0 aromatic heterocycles. The number of nitrogen functional groups attached to an aromatic ring is 2. The van der Waals surface area contributed by atoms with Crippen LogP contribution in [0.2, 0.25) is 0 Å². The molecule has 0 bridgehead atoms. The number of halogens is 21. The Labute approximate surface area is 211 Å². The molecule has 1 atom stereocenters. The zero-order valence-corrected chi connectivity index (χ0v) is 18.4. The van der Waals surface area contributed by atoms with Crippen LogP contribution in [0.3, 0.4) is 0 Å². The Balaban J connectivity index is 3.69. The molecule has 0 saturated carbocycles. The molecule has 4 N–H and O–H groups in total. The Morgan fingerprint density at radius 3 is 1.12 bits per heavy atom. The smallest absolute Gasteiger partial charge is 0.385 e. The van der Waals surface area contributed by atoms with E-state index in [9.17, 15) is 92.2 Å². The van der Waals surface area contributed by atoms with E-state index in [4.69, 9.17) is 11.5 Å². The van der Waals surface area contributed by atoms with Crippen molar-refractivity contribution >= 4 is 11.4 Å². The van der Waals surface area contributed by atoms with Gasteiger partial charge in [0, 0.05) is 5.69 Å². The van der Waals surface area contributed by atoms with Crippen molar-refractivity contribution in [2.24, 2.45) is 0 Å². The number of hydrogen-bond acceptors (Lipinski definition) is 3. The highest BCUT2D eigenvalue weighted by atomic mass is 19.4. The minimum atomic E-state index is -9.19. The fourth-order valence-electron chi connectivity index (χ4n) is 2.54. The Morgan fingerprint density at radius 2 is 0.805 bits per heavy atom. The quantitative estimate of drug-likeness (QED) is 0.181. The van der Waals surface area contributed by atoms with E-state index in [1.165, 1.54) is 0 Å². The molecule has 1 rings (SSSR count). The van der Waals surface area contributed by atoms with Crippen molar-refractivity contribution in [3.8, 4) is 5.75 Å². The molecule has 1 aromatic carbocycles. The summed E-state index contributed by atoms with van der Waals surface area (Å²) in [6.07, 6.45) is -11.5. The van der Waals surface area contributed by atoms with Gasteiger partial charge in [0.2, 0.25) is 0 Å². The molecule has 41 heavy (non-hydrogen) atoms. The average molecular weight is 656 g/mol. The van der Waals surface area contributed by atoms with Crippen LogP contribution in [0, 0.1) is 0 Å². The zero-order chi connectivity index (χ0) is 33.2. The van der Waals surface area contributed by atoms with Crippen molar-refractivity contribution in [2.45, 2.75) is 66.1 Å². The van der Waals surface area contributed by atoms with Crippen LogP contribution >= 0.6 is 0 Å². The van der Waals surface area contributed by atoms with E-state index in [0.29, 0.717) is 12.1 Å². The lowest BCUT2D eigenvalue weighted by Gasteiger charge is -2.44. The van der Waals surface area contributed by atoms with Crippen molar-refractivity contribution in [1.29, 1.82) is 0 Å². The van der Waals surface area contributed by atoms with E-state index in [1.54, 1.807) is 0 Å². The highest BCUT2D eigenvalue weighted by molar-refractivity contribution is 5.60. The van der Waals surface area contributed by atoms with E-state index < -0.39 is 77.5 Å². The monoisotopic (exact) mass is 656 g/mol. The molecule has 240 valence electrons. The lowest BCUT2D eigenvalue weighted by atomic mass is 9.86. The van der Waals surface area contributed by atoms with Crippen LogP contribution in [0.5, 0.6) is 5.75 Å². The Hall–Kier alpha value is -2.85. The van der Waals surface area contributed by atoms with E-state index >= 15 is 0 Å². The highest BCUT2D eigenvalue weighted by Gasteiger charge is 2.97. The number of benzene rings is 1. The lowest BCUT2D eigenvalue weighted by Crippen LogP contribution is -2.77. The number of anilines is 2. The summed E-state index contributed by atoms with van der Waals surface area (Å²) in [5.41, 5.74) is 8.68. The second-order valence-corrected chi connectivity index (χ2v) is 7.80. The van der Waals surface area contributed by atoms with Gasteiger partial charge in [-0.3, -0.25) is 0 Å². The Morgan fingerprint density at radius 1 is 0.488 bits per heavy atom. The number of ether oxygens (including phenoxy) is 1. The molecule has 0 saturated heterocycles. The third-order valence-electron chi connectivity index (χ3n) is 5.03. The first-order chi connectivity index (χ1) is 17.7. The fourth-order valence-corrected chi connectivity index (χ4v) is 2.54. The minimum absolute atomic E-state index is 0.254. The van der Waals surface area contributed by atoms with Crippen molar-refractivity contribution in [2.75, 3.05) is 11.5 Å². The Bertz CT molecular complexity index is 1100. The average Bonchev–Trinajstić information content (AvgIpc) is 2.79. The molecule has 0 aliphatic rings. The zero-order valence-electron chi connectivity index (χ0n) is 18.4. The van der Waals surface area contributed by atoms with Crippen LogP contribution in [0.25, 0.3) is 0 Å². The summed E-state index contributed by atoms with van der Waals surface area (Å²) >= 11 is 0. The molecule has 0 heterocycles. The first kappa shape index (κ1) is 36.2. The van der Waals surface area contributed by atoms with Crippen LogP contribution in [0.1, 0.15) is 0 Å². The number of alkyl halides is 21. The van der Waals surface area contributed by atoms with Gasteiger partial charge < -0.3 is 16.2 Å². The van der Waals surface area contributed by atoms with E-state index in [-0.39, 0.29) is 11.8 Å². The first-order valence-corrected chi connectivity index (χ1v) is 9.39. The van der Waals surface area contributed by atoms with Crippen LogP contribution in [-0.2, 0) is 0 Å². The summed E-state index contributed by atoms with van der Waals surface area (Å²) in [5, 5.41) is 0. The summed E-state index contributed by atoms with van der Waals surface area (Å²) in [6, 6.07) is 1.33. The van der Waals surface area contributed by atoms with Crippen molar-refractivity contribution in [1.82, 2.24) is 0 Å². The molecule has 0 fully saturated rings. The third-order valence-corrected chi connectivity index (χ3v) is 5.03. The van der Waals surface area contributed by atoms with Crippen LogP contribution in [0.15, 0.2) is 18.2 Å². The summed E-state index contributed by atoms with van der Waals surface area (Å²) in [7, 11) is 0. The van der Waals surface area contributed by atoms with Gasteiger partial charge in [-0.15, -0.1) is 0 Å². The molecule has 0 aliphatic heterocycles. The van der Waals surface area contributed by atoms with Gasteiger partial charge in [-0.05, 0) is 18.2 Å². The molecular weight excluding hydrogens is 647 g/mol. The maximum atomic E-state index is 13.9. The Kier molecular flexibility index (Phi) is 8.70. The predicted octanol–water partition coefficient (Wildman–Crippen LogP) is 7.51. The number of hydrogen-bond donors (Lipinski definition) is 2. The third kappa shape index (κ3) is 4.76. The van der Waals surface area contributed by atoms with Crippen LogP contribution in [0.4, 0.5) is 104 Å². The van der Waals surface area contributed by atoms with E-state index in [0.717, 1.165) is 0 Å². The van der Waals surface area contributed by atoms with Gasteiger partial charge in [0.1, 0.15) is 5.75 Å². The standard InChI is InChI=1S/C17H9F21N2O/c18-7(19)9(21,22)11(25,26)13(29,30)15(33,34)17(37,38)16(35,36)14(31,32)12(27,28)10(23,24)8(20)41-6-2-1-4(39)3-5(6)40/h1-3,7-8H,39-40H2. The SMILES string of the molecule is Nc1ccc(OC(F)C(F)(F)C(F)(F)C(F)(F)C(F)(F)C(F)(F)C(F)(F)C(F)(F)C(F)(F)C(F)(F)C(F)F)c(N)c1. The highest BCUT2D eigenvalue weighted by Crippen LogP contribution is 2.65.